The van der Waals surface area contributed by atoms with Gasteiger partial charge in [-0.15, -0.1) is 0 Å². The van der Waals surface area contributed by atoms with E-state index in [0.717, 1.165) is 32.5 Å². The molecular formula is C16H27N3O2S. The molecule has 2 rings (SSSR count). The van der Waals surface area contributed by atoms with Gasteiger partial charge in [-0.05, 0) is 24.5 Å². The van der Waals surface area contributed by atoms with Gasteiger partial charge in [-0.2, -0.15) is 0 Å². The van der Waals surface area contributed by atoms with E-state index in [4.69, 9.17) is 0 Å². The van der Waals surface area contributed by atoms with Crippen LogP contribution in [0.3, 0.4) is 0 Å². The Morgan fingerprint density at radius 3 is 2.27 bits per heavy atom. The number of sulfonamides is 1. The largest absolute Gasteiger partial charge is 0.377 e. The summed E-state index contributed by atoms with van der Waals surface area (Å²) in [6, 6.07) is 8.58. The smallest absolute Gasteiger partial charge is 0.211 e. The second-order valence-electron chi connectivity index (χ2n) is 6.31. The molecule has 6 heteroatoms. The van der Waals surface area contributed by atoms with Crippen LogP contribution in [-0.4, -0.2) is 64.2 Å². The van der Waals surface area contributed by atoms with Crippen molar-refractivity contribution in [2.45, 2.75) is 25.4 Å². The van der Waals surface area contributed by atoms with E-state index < -0.39 is 10.0 Å². The number of benzene rings is 1. The van der Waals surface area contributed by atoms with E-state index in [9.17, 15) is 8.42 Å². The van der Waals surface area contributed by atoms with E-state index in [1.807, 2.05) is 0 Å². The van der Waals surface area contributed by atoms with E-state index in [0.29, 0.717) is 0 Å². The third kappa shape index (κ3) is 4.21. The fourth-order valence-electron chi connectivity index (χ4n) is 3.03. The Morgan fingerprint density at radius 1 is 1.14 bits per heavy atom. The van der Waals surface area contributed by atoms with E-state index in [-0.39, 0.29) is 6.04 Å². The summed E-state index contributed by atoms with van der Waals surface area (Å²) in [5.41, 5.74) is 2.57. The van der Waals surface area contributed by atoms with Gasteiger partial charge >= 0.3 is 0 Å². The summed E-state index contributed by atoms with van der Waals surface area (Å²) in [6.45, 7) is 2.79. The van der Waals surface area contributed by atoms with E-state index in [1.54, 1.807) is 7.05 Å². The van der Waals surface area contributed by atoms with Crippen molar-refractivity contribution >= 4 is 15.7 Å². The van der Waals surface area contributed by atoms with Crippen LogP contribution >= 0.6 is 0 Å². The maximum absolute atomic E-state index is 11.6. The third-order valence-corrected chi connectivity index (χ3v) is 5.81. The van der Waals surface area contributed by atoms with Crippen molar-refractivity contribution in [2.24, 2.45) is 0 Å². The molecule has 1 aliphatic heterocycles. The van der Waals surface area contributed by atoms with Crippen LogP contribution in [0.2, 0.25) is 0 Å². The minimum absolute atomic E-state index is 0.135. The van der Waals surface area contributed by atoms with Crippen molar-refractivity contribution in [3.05, 3.63) is 29.8 Å². The molecule has 0 spiro atoms. The Balaban J connectivity index is 1.96. The molecule has 1 aromatic carbocycles. The summed E-state index contributed by atoms with van der Waals surface area (Å²) in [5.74, 6) is 0. The predicted molar refractivity (Wildman–Crippen MR) is 91.7 cm³/mol. The highest BCUT2D eigenvalue weighted by atomic mass is 32.2. The normalized spacial score (nSPS) is 17.9. The zero-order valence-corrected chi connectivity index (χ0v) is 14.8. The topological polar surface area (TPSA) is 43.9 Å². The van der Waals surface area contributed by atoms with Crippen molar-refractivity contribution < 1.29 is 8.42 Å². The fraction of sp³-hybridized carbons (Fsp3) is 0.625. The predicted octanol–water partition coefficient (Wildman–Crippen LogP) is 1.61. The van der Waals surface area contributed by atoms with Crippen LogP contribution in [0.15, 0.2) is 24.3 Å². The van der Waals surface area contributed by atoms with E-state index in [2.05, 4.69) is 48.2 Å². The van der Waals surface area contributed by atoms with E-state index >= 15 is 0 Å². The number of rotatable bonds is 5. The van der Waals surface area contributed by atoms with Gasteiger partial charge in [0.1, 0.15) is 0 Å². The lowest BCUT2D eigenvalue weighted by atomic mass is 10.0. The first kappa shape index (κ1) is 17.2. The highest BCUT2D eigenvalue weighted by molar-refractivity contribution is 7.88. The van der Waals surface area contributed by atoms with Crippen molar-refractivity contribution in [1.29, 1.82) is 0 Å². The molecule has 0 aliphatic carbocycles. The number of likely N-dealkylation sites (tertiary alicyclic amines) is 1. The number of anilines is 1. The van der Waals surface area contributed by atoms with Crippen molar-refractivity contribution in [2.75, 3.05) is 45.4 Å². The number of para-hydroxylation sites is 1. The highest BCUT2D eigenvalue weighted by Crippen LogP contribution is 2.23. The maximum Gasteiger partial charge on any atom is 0.211 e. The molecule has 0 atom stereocenters. The summed E-state index contributed by atoms with van der Waals surface area (Å²) in [4.78, 5) is 4.55. The Bertz CT molecular complexity index is 593. The van der Waals surface area contributed by atoms with Crippen molar-refractivity contribution in [3.63, 3.8) is 0 Å². The zero-order chi connectivity index (χ0) is 16.3. The van der Waals surface area contributed by atoms with Crippen molar-refractivity contribution in [3.8, 4) is 0 Å². The molecule has 0 amide bonds. The molecule has 0 saturated carbocycles. The first-order valence-electron chi connectivity index (χ1n) is 7.69. The van der Waals surface area contributed by atoms with Gasteiger partial charge < -0.3 is 4.90 Å². The molecule has 0 radical (unpaired) electrons. The van der Waals surface area contributed by atoms with Gasteiger partial charge in [-0.3, -0.25) is 4.90 Å². The fourth-order valence-corrected chi connectivity index (χ4v) is 3.79. The molecule has 1 heterocycles. The molecule has 1 aromatic rings. The summed E-state index contributed by atoms with van der Waals surface area (Å²) in [6.07, 6.45) is 3.08. The number of hydrogen-bond donors (Lipinski definition) is 0. The van der Waals surface area contributed by atoms with Crippen LogP contribution in [0, 0.1) is 0 Å². The van der Waals surface area contributed by atoms with Crippen LogP contribution < -0.4 is 4.90 Å². The van der Waals surface area contributed by atoms with Crippen LogP contribution in [0.25, 0.3) is 0 Å². The average molecular weight is 325 g/mol. The highest BCUT2D eigenvalue weighted by Gasteiger charge is 2.27. The van der Waals surface area contributed by atoms with Gasteiger partial charge in [0.25, 0.3) is 0 Å². The van der Waals surface area contributed by atoms with Gasteiger partial charge in [-0.1, -0.05) is 18.2 Å². The summed E-state index contributed by atoms with van der Waals surface area (Å²) in [7, 11) is 2.73. The van der Waals surface area contributed by atoms with Gasteiger partial charge in [-0.25, -0.2) is 12.7 Å². The lowest BCUT2D eigenvalue weighted by Gasteiger charge is -2.36. The molecule has 0 N–H and O–H groups in total. The molecule has 22 heavy (non-hydrogen) atoms. The molecule has 1 saturated heterocycles. The molecular weight excluding hydrogens is 298 g/mol. The third-order valence-electron chi connectivity index (χ3n) is 4.46. The Hall–Kier alpha value is -1.11. The molecule has 5 nitrogen and oxygen atoms in total. The molecule has 1 fully saturated rings. The second kappa shape index (κ2) is 6.98. The van der Waals surface area contributed by atoms with Gasteiger partial charge in [0.15, 0.2) is 0 Å². The number of piperidine rings is 1. The Kier molecular flexibility index (Phi) is 5.47. The minimum Gasteiger partial charge on any atom is -0.377 e. The van der Waals surface area contributed by atoms with Gasteiger partial charge in [0, 0.05) is 52.5 Å². The average Bonchev–Trinajstić information content (AvgIpc) is 2.46. The maximum atomic E-state index is 11.6. The lowest BCUT2D eigenvalue weighted by Crippen LogP contribution is -2.45. The minimum atomic E-state index is -3.09. The first-order chi connectivity index (χ1) is 10.3. The van der Waals surface area contributed by atoms with Crippen LogP contribution in [0.1, 0.15) is 18.4 Å². The number of nitrogens with zero attached hydrogens (tertiary/aromatic N) is 3. The summed E-state index contributed by atoms with van der Waals surface area (Å²) >= 11 is 0. The number of hydrogen-bond acceptors (Lipinski definition) is 4. The molecule has 0 bridgehead atoms. The second-order valence-corrected chi connectivity index (χ2v) is 8.35. The Morgan fingerprint density at radius 2 is 1.73 bits per heavy atom. The van der Waals surface area contributed by atoms with Crippen molar-refractivity contribution in [1.82, 2.24) is 9.21 Å². The van der Waals surface area contributed by atoms with Gasteiger partial charge in [0.05, 0.1) is 6.26 Å². The quantitative estimate of drug-likeness (QED) is 0.825. The Labute approximate surface area is 134 Å². The monoisotopic (exact) mass is 325 g/mol. The van der Waals surface area contributed by atoms with E-state index in [1.165, 1.54) is 21.8 Å². The molecule has 124 valence electrons. The van der Waals surface area contributed by atoms with Crippen LogP contribution in [0.4, 0.5) is 5.69 Å². The molecule has 0 unspecified atom stereocenters. The molecule has 0 aromatic heterocycles. The zero-order valence-electron chi connectivity index (χ0n) is 14.0. The summed E-state index contributed by atoms with van der Waals surface area (Å²) in [5, 5.41) is 0. The SMILES string of the molecule is CN(C)c1ccccc1CN1CCC(N(C)S(C)(=O)=O)CC1. The standard InChI is InChI=1S/C16H27N3O2S/c1-17(2)16-8-6-5-7-14(16)13-19-11-9-15(10-12-19)18(3)22(4,20)21/h5-8,15H,9-13H2,1-4H3. The lowest BCUT2D eigenvalue weighted by molar-refractivity contribution is 0.164. The van der Waals surface area contributed by atoms with Gasteiger partial charge in [0.2, 0.25) is 10.0 Å². The summed E-state index contributed by atoms with van der Waals surface area (Å²) < 4.78 is 24.8. The molecule has 1 aliphatic rings. The van der Waals surface area contributed by atoms with Crippen LogP contribution in [-0.2, 0) is 16.6 Å². The van der Waals surface area contributed by atoms with Crippen LogP contribution in [0.5, 0.6) is 0 Å². The first-order valence-corrected chi connectivity index (χ1v) is 9.54.